The molecule has 102 valence electrons. The van der Waals surface area contributed by atoms with Gasteiger partial charge in [-0.25, -0.2) is 0 Å². The van der Waals surface area contributed by atoms with Crippen LogP contribution in [-0.4, -0.2) is 0 Å². The zero-order chi connectivity index (χ0) is 12.7. The van der Waals surface area contributed by atoms with Gasteiger partial charge in [0.1, 0.15) is 0 Å². The van der Waals surface area contributed by atoms with Gasteiger partial charge >= 0.3 is 0 Å². The van der Waals surface area contributed by atoms with E-state index in [1.807, 2.05) is 0 Å². The van der Waals surface area contributed by atoms with Gasteiger partial charge < -0.3 is 0 Å². The molecule has 4 aliphatic rings. The Hall–Kier alpha value is 0. The summed E-state index contributed by atoms with van der Waals surface area (Å²) in [7, 11) is 0. The first kappa shape index (κ1) is 15.1. The molecular weight excluding hydrogens is 204 g/mol. The van der Waals surface area contributed by atoms with Crippen molar-refractivity contribution < 1.29 is 0 Å². The molecule has 4 aliphatic carbocycles. The molecule has 4 rings (SSSR count). The largest absolute Gasteiger partial charge is 0.0625 e. The molecule has 4 fully saturated rings. The van der Waals surface area contributed by atoms with Gasteiger partial charge in [0.05, 0.1) is 0 Å². The van der Waals surface area contributed by atoms with Crippen molar-refractivity contribution >= 4 is 0 Å². The SMILES string of the molecule is CC1CC1.CC1CC1.CC1CC1.CC1CCC1. The van der Waals surface area contributed by atoms with Crippen LogP contribution in [0.5, 0.6) is 0 Å². The minimum atomic E-state index is 1.06. The van der Waals surface area contributed by atoms with E-state index in [0.717, 1.165) is 23.7 Å². The molecule has 0 aromatic carbocycles. The smallest absolute Gasteiger partial charge is 0.0443 e. The first-order valence-corrected chi connectivity index (χ1v) is 8.08. The second-order valence-corrected chi connectivity index (χ2v) is 7.08. The molecule has 0 saturated heterocycles. The molecule has 0 amide bonds. The molecule has 0 spiro atoms. The van der Waals surface area contributed by atoms with Crippen molar-refractivity contribution in [2.75, 3.05) is 0 Å². The highest BCUT2D eigenvalue weighted by molar-refractivity contribution is 4.66. The highest BCUT2D eigenvalue weighted by Crippen LogP contribution is 2.27. The van der Waals surface area contributed by atoms with Crippen molar-refractivity contribution in [1.82, 2.24) is 0 Å². The van der Waals surface area contributed by atoms with Crippen molar-refractivity contribution in [1.29, 1.82) is 0 Å². The van der Waals surface area contributed by atoms with Crippen LogP contribution in [0.15, 0.2) is 0 Å². The summed E-state index contributed by atoms with van der Waals surface area (Å²) < 4.78 is 0. The zero-order valence-corrected chi connectivity index (χ0v) is 12.7. The molecule has 0 bridgehead atoms. The average Bonchev–Trinajstić information content (AvgIpc) is 3.00. The molecule has 0 N–H and O–H groups in total. The molecule has 0 unspecified atom stereocenters. The third-order valence-corrected chi connectivity index (χ3v) is 3.99. The molecule has 0 heterocycles. The lowest BCUT2D eigenvalue weighted by Gasteiger charge is -2.18. The first-order valence-electron chi connectivity index (χ1n) is 8.08. The van der Waals surface area contributed by atoms with E-state index in [1.54, 1.807) is 0 Å². The average molecular weight is 238 g/mol. The van der Waals surface area contributed by atoms with E-state index in [2.05, 4.69) is 27.7 Å². The van der Waals surface area contributed by atoms with Gasteiger partial charge in [-0.15, -0.1) is 0 Å². The fourth-order valence-electron chi connectivity index (χ4n) is 1.11. The minimum absolute atomic E-state index is 1.06. The summed E-state index contributed by atoms with van der Waals surface area (Å²) in [5.41, 5.74) is 0. The minimum Gasteiger partial charge on any atom is -0.0625 e. The van der Waals surface area contributed by atoms with Crippen molar-refractivity contribution in [3.8, 4) is 0 Å². The molecule has 0 aromatic rings. The van der Waals surface area contributed by atoms with Crippen LogP contribution in [0.2, 0.25) is 0 Å². The van der Waals surface area contributed by atoms with E-state index in [4.69, 9.17) is 0 Å². The molecule has 0 nitrogen and oxygen atoms in total. The lowest BCUT2D eigenvalue weighted by molar-refractivity contribution is 0.346. The zero-order valence-electron chi connectivity index (χ0n) is 12.7. The highest BCUT2D eigenvalue weighted by Gasteiger charge is 2.13. The predicted molar refractivity (Wildman–Crippen MR) is 78.2 cm³/mol. The Labute approximate surface area is 110 Å². The maximum atomic E-state index is 2.31. The third kappa shape index (κ3) is 13.9. The molecular formula is C17H34. The summed E-state index contributed by atoms with van der Waals surface area (Å²) in [6.07, 6.45) is 13.4. The van der Waals surface area contributed by atoms with Crippen LogP contribution in [0.1, 0.15) is 85.5 Å². The van der Waals surface area contributed by atoms with Crippen LogP contribution in [0, 0.1) is 23.7 Å². The molecule has 0 radical (unpaired) electrons. The second kappa shape index (κ2) is 8.16. The van der Waals surface area contributed by atoms with E-state index in [9.17, 15) is 0 Å². The lowest BCUT2D eigenvalue weighted by atomic mass is 9.88. The summed E-state index contributed by atoms with van der Waals surface area (Å²) in [5.74, 6) is 4.31. The molecule has 4 saturated carbocycles. The maximum absolute atomic E-state index is 2.31. The Morgan fingerprint density at radius 1 is 0.412 bits per heavy atom. The topological polar surface area (TPSA) is 0 Å². The second-order valence-electron chi connectivity index (χ2n) is 7.08. The van der Waals surface area contributed by atoms with Crippen molar-refractivity contribution in [3.05, 3.63) is 0 Å². The van der Waals surface area contributed by atoms with E-state index >= 15 is 0 Å². The molecule has 0 aliphatic heterocycles. The summed E-state index contributed by atoms with van der Waals surface area (Å²) >= 11 is 0. The third-order valence-electron chi connectivity index (χ3n) is 3.99. The summed E-state index contributed by atoms with van der Waals surface area (Å²) in [5, 5.41) is 0. The van der Waals surface area contributed by atoms with Crippen LogP contribution in [-0.2, 0) is 0 Å². The first-order chi connectivity index (χ1) is 8.08. The summed E-state index contributed by atoms with van der Waals surface area (Å²) in [6, 6.07) is 0. The Kier molecular flexibility index (Phi) is 7.23. The van der Waals surface area contributed by atoms with Gasteiger partial charge in [-0.2, -0.15) is 0 Å². The van der Waals surface area contributed by atoms with E-state index in [-0.39, 0.29) is 0 Å². The van der Waals surface area contributed by atoms with Crippen molar-refractivity contribution in [2.24, 2.45) is 23.7 Å². The van der Waals surface area contributed by atoms with Gasteiger partial charge in [-0.1, -0.05) is 85.5 Å². The maximum Gasteiger partial charge on any atom is -0.0443 e. The van der Waals surface area contributed by atoms with Crippen LogP contribution >= 0.6 is 0 Å². The van der Waals surface area contributed by atoms with E-state index in [0.29, 0.717) is 0 Å². The van der Waals surface area contributed by atoms with Crippen LogP contribution < -0.4 is 0 Å². The Bertz CT molecular complexity index is 145. The molecule has 0 aromatic heterocycles. The van der Waals surface area contributed by atoms with Crippen molar-refractivity contribution in [3.63, 3.8) is 0 Å². The van der Waals surface area contributed by atoms with Crippen molar-refractivity contribution in [2.45, 2.75) is 85.5 Å². The molecule has 17 heavy (non-hydrogen) atoms. The Balaban J connectivity index is 0.000000114. The highest BCUT2D eigenvalue weighted by atomic mass is 14.2. The molecule has 0 atom stereocenters. The number of hydrogen-bond acceptors (Lipinski definition) is 0. The van der Waals surface area contributed by atoms with Crippen LogP contribution in [0.4, 0.5) is 0 Å². The van der Waals surface area contributed by atoms with Gasteiger partial charge in [0.25, 0.3) is 0 Å². The van der Waals surface area contributed by atoms with Gasteiger partial charge in [0, 0.05) is 0 Å². The summed E-state index contributed by atoms with van der Waals surface area (Å²) in [4.78, 5) is 0. The number of rotatable bonds is 0. The van der Waals surface area contributed by atoms with Crippen LogP contribution in [0.25, 0.3) is 0 Å². The van der Waals surface area contributed by atoms with Gasteiger partial charge in [-0.05, 0) is 23.7 Å². The lowest BCUT2D eigenvalue weighted by Crippen LogP contribution is -2.04. The summed E-state index contributed by atoms with van der Waals surface area (Å²) in [6.45, 7) is 9.14. The quantitative estimate of drug-likeness (QED) is 0.481. The fraction of sp³-hybridized carbons (Fsp3) is 1.00. The predicted octanol–water partition coefficient (Wildman–Crippen LogP) is 6.06. The standard InChI is InChI=1S/C5H10.3C4H8/c1-5-3-2-4-5;3*1-4-2-3-4/h5H,2-4H2,1H3;3*4H,2-3H2,1H3. The normalized spacial score (nSPS) is 26.1. The Morgan fingerprint density at radius 2 is 0.588 bits per heavy atom. The Morgan fingerprint density at radius 3 is 0.588 bits per heavy atom. The van der Waals surface area contributed by atoms with E-state index < -0.39 is 0 Å². The molecule has 0 heteroatoms. The fourth-order valence-corrected chi connectivity index (χ4v) is 1.11. The number of hydrogen-bond donors (Lipinski definition) is 0. The van der Waals surface area contributed by atoms with Gasteiger partial charge in [-0.3, -0.25) is 0 Å². The van der Waals surface area contributed by atoms with Crippen LogP contribution in [0.3, 0.4) is 0 Å². The van der Waals surface area contributed by atoms with Gasteiger partial charge in [0.2, 0.25) is 0 Å². The monoisotopic (exact) mass is 238 g/mol. The van der Waals surface area contributed by atoms with Gasteiger partial charge in [0.15, 0.2) is 0 Å². The van der Waals surface area contributed by atoms with E-state index in [1.165, 1.54) is 57.8 Å².